The highest BCUT2D eigenvalue weighted by atomic mass is 16.6. The van der Waals surface area contributed by atoms with E-state index in [1.165, 1.54) is 38.5 Å². The zero-order valence-electron chi connectivity index (χ0n) is 12.6. The maximum atomic E-state index is 11.6. The first-order chi connectivity index (χ1) is 11.4. The summed E-state index contributed by atoms with van der Waals surface area (Å²) in [4.78, 5) is 26.9. The minimum atomic E-state index is -1.08. The number of phenols is 1. The summed E-state index contributed by atoms with van der Waals surface area (Å²) in [5.41, 5.74) is -1.57. The van der Waals surface area contributed by atoms with Crippen molar-refractivity contribution in [2.45, 2.75) is 0 Å². The van der Waals surface area contributed by atoms with Gasteiger partial charge in [-0.25, -0.2) is 0 Å². The summed E-state index contributed by atoms with van der Waals surface area (Å²) in [7, 11) is 2.74. The van der Waals surface area contributed by atoms with E-state index in [0.717, 1.165) is 0 Å². The lowest BCUT2D eigenvalue weighted by atomic mass is 10.1. The van der Waals surface area contributed by atoms with E-state index in [1.807, 2.05) is 0 Å². The number of aromatic amines is 1. The molecule has 2 aromatic rings. The van der Waals surface area contributed by atoms with E-state index in [-0.39, 0.29) is 23.1 Å². The van der Waals surface area contributed by atoms with Crippen molar-refractivity contribution in [3.05, 3.63) is 44.0 Å². The highest BCUT2D eigenvalue weighted by Gasteiger charge is 2.21. The first-order valence-electron chi connectivity index (χ1n) is 6.48. The van der Waals surface area contributed by atoms with E-state index in [1.54, 1.807) is 0 Å². The first-order valence-corrected chi connectivity index (χ1v) is 6.48. The van der Waals surface area contributed by atoms with Crippen LogP contribution in [0.15, 0.2) is 16.9 Å². The third kappa shape index (κ3) is 3.27. The highest BCUT2D eigenvalue weighted by Crippen LogP contribution is 2.37. The number of methoxy groups -OCH3 is 2. The lowest BCUT2D eigenvalue weighted by Crippen LogP contribution is -2.14. The first kappa shape index (κ1) is 16.8. The number of benzene rings is 1. The second-order valence-electron chi connectivity index (χ2n) is 4.49. The van der Waals surface area contributed by atoms with Gasteiger partial charge in [0.1, 0.15) is 5.82 Å². The number of aromatic nitrogens is 2. The maximum absolute atomic E-state index is 11.6. The average Bonchev–Trinajstić information content (AvgIpc) is 2.52. The van der Waals surface area contributed by atoms with Gasteiger partial charge in [0.25, 0.3) is 5.88 Å². The van der Waals surface area contributed by atoms with Gasteiger partial charge in [-0.2, -0.15) is 4.98 Å². The minimum absolute atomic E-state index is 0.0888. The molecule has 0 radical (unpaired) electrons. The summed E-state index contributed by atoms with van der Waals surface area (Å²) in [6, 6.07) is 3.00. The Morgan fingerprint density at radius 1 is 1.21 bits per heavy atom. The molecule has 0 bridgehead atoms. The van der Waals surface area contributed by atoms with Crippen LogP contribution < -0.4 is 15.0 Å². The van der Waals surface area contributed by atoms with E-state index in [9.17, 15) is 25.1 Å². The van der Waals surface area contributed by atoms with Crippen molar-refractivity contribution in [2.24, 2.45) is 0 Å². The molecule has 24 heavy (non-hydrogen) atoms. The summed E-state index contributed by atoms with van der Waals surface area (Å²) < 4.78 is 10.0. The van der Waals surface area contributed by atoms with Crippen molar-refractivity contribution in [1.29, 1.82) is 0 Å². The van der Waals surface area contributed by atoms with Gasteiger partial charge in [-0.15, -0.1) is 0 Å². The Morgan fingerprint density at radius 2 is 1.79 bits per heavy atom. The standard InChI is InChI=1S/C14H13N3O7/c1-23-8-5-7(6-9(24-2)12(8)18)3-4-10-15-13(19)11(17(21)22)14(20)16-10/h3-6,18H,1-2H3,(H2,15,16,19,20)/b4-3-. The van der Waals surface area contributed by atoms with E-state index in [4.69, 9.17) is 9.47 Å². The molecule has 0 aliphatic carbocycles. The number of ether oxygens (including phenoxy) is 2. The number of nitrogens with zero attached hydrogens (tertiary/aromatic N) is 2. The maximum Gasteiger partial charge on any atom is 0.395 e. The Balaban J connectivity index is 2.42. The van der Waals surface area contributed by atoms with Crippen LogP contribution in [0.4, 0.5) is 5.69 Å². The lowest BCUT2D eigenvalue weighted by Gasteiger charge is -2.09. The van der Waals surface area contributed by atoms with Gasteiger partial charge in [0, 0.05) is 0 Å². The molecule has 1 aromatic heterocycles. The van der Waals surface area contributed by atoms with E-state index < -0.39 is 22.0 Å². The van der Waals surface area contributed by atoms with Crippen molar-refractivity contribution < 1.29 is 24.6 Å². The number of H-pyrrole nitrogens is 1. The highest BCUT2D eigenvalue weighted by molar-refractivity contribution is 5.70. The van der Waals surface area contributed by atoms with E-state index >= 15 is 0 Å². The monoisotopic (exact) mass is 335 g/mol. The molecule has 0 unspecified atom stereocenters. The second kappa shape index (κ2) is 6.69. The Kier molecular flexibility index (Phi) is 4.68. The molecule has 10 nitrogen and oxygen atoms in total. The molecule has 2 rings (SSSR count). The van der Waals surface area contributed by atoms with Crippen LogP contribution in [0.25, 0.3) is 12.2 Å². The molecule has 0 spiro atoms. The Labute approximate surface area is 134 Å². The van der Waals surface area contributed by atoms with Crippen molar-refractivity contribution in [3.63, 3.8) is 0 Å². The predicted molar refractivity (Wildman–Crippen MR) is 83.3 cm³/mol. The molecule has 0 saturated carbocycles. The summed E-state index contributed by atoms with van der Waals surface area (Å²) >= 11 is 0. The molecular formula is C14H13N3O7. The second-order valence-corrected chi connectivity index (χ2v) is 4.49. The zero-order valence-corrected chi connectivity index (χ0v) is 12.6. The Hall–Kier alpha value is -3.56. The normalized spacial score (nSPS) is 10.8. The fourth-order valence-corrected chi connectivity index (χ4v) is 1.90. The van der Waals surface area contributed by atoms with Crippen molar-refractivity contribution in [1.82, 2.24) is 9.97 Å². The third-order valence-electron chi connectivity index (χ3n) is 3.01. The fraction of sp³-hybridized carbons (Fsp3) is 0.143. The van der Waals surface area contributed by atoms with Crippen LogP contribution in [0.2, 0.25) is 0 Å². The molecule has 0 aliphatic rings. The smallest absolute Gasteiger partial charge is 0.395 e. The Bertz CT molecular complexity index is 848. The van der Waals surface area contributed by atoms with Gasteiger partial charge in [-0.1, -0.05) is 6.08 Å². The number of nitro groups is 1. The number of hydrogen-bond acceptors (Lipinski definition) is 8. The molecular weight excluding hydrogens is 322 g/mol. The van der Waals surface area contributed by atoms with Crippen molar-refractivity contribution in [2.75, 3.05) is 14.2 Å². The van der Waals surface area contributed by atoms with E-state index in [0.29, 0.717) is 5.56 Å². The molecule has 10 heteroatoms. The van der Waals surface area contributed by atoms with Gasteiger partial charge in [-0.3, -0.25) is 14.9 Å². The fourth-order valence-electron chi connectivity index (χ4n) is 1.90. The van der Waals surface area contributed by atoms with Crippen LogP contribution >= 0.6 is 0 Å². The van der Waals surface area contributed by atoms with Gasteiger partial charge >= 0.3 is 11.2 Å². The molecule has 3 N–H and O–H groups in total. The molecule has 0 amide bonds. The predicted octanol–water partition coefficient (Wildman–Crippen LogP) is 1.28. The molecule has 0 atom stereocenters. The van der Waals surface area contributed by atoms with Crippen LogP contribution in [0.5, 0.6) is 23.1 Å². The van der Waals surface area contributed by atoms with Crippen LogP contribution in [0, 0.1) is 10.1 Å². The SMILES string of the molecule is COc1cc(/C=C\c2nc(O)c([N+](=O)[O-])c(=O)[nH]2)cc(OC)c1O. The number of rotatable bonds is 5. The zero-order chi connectivity index (χ0) is 17.9. The number of phenolic OH excluding ortho intramolecular Hbond substituents is 1. The lowest BCUT2D eigenvalue weighted by molar-refractivity contribution is -0.387. The van der Waals surface area contributed by atoms with Crippen LogP contribution in [0.3, 0.4) is 0 Å². The van der Waals surface area contributed by atoms with Crippen molar-refractivity contribution >= 4 is 17.8 Å². The minimum Gasteiger partial charge on any atom is -0.502 e. The topological polar surface area (TPSA) is 148 Å². The summed E-state index contributed by atoms with van der Waals surface area (Å²) in [6.45, 7) is 0. The van der Waals surface area contributed by atoms with Gasteiger partial charge < -0.3 is 24.7 Å². The molecule has 0 saturated heterocycles. The quantitative estimate of drug-likeness (QED) is 0.546. The largest absolute Gasteiger partial charge is 0.502 e. The Morgan fingerprint density at radius 3 is 2.25 bits per heavy atom. The van der Waals surface area contributed by atoms with E-state index in [2.05, 4.69) is 9.97 Å². The number of hydrogen-bond donors (Lipinski definition) is 3. The number of aromatic hydroxyl groups is 2. The summed E-state index contributed by atoms with van der Waals surface area (Å²) in [5.74, 6) is -0.904. The molecule has 126 valence electrons. The number of nitrogens with one attached hydrogen (secondary N) is 1. The van der Waals surface area contributed by atoms with Crippen LogP contribution in [-0.4, -0.2) is 39.3 Å². The van der Waals surface area contributed by atoms with Crippen LogP contribution in [0.1, 0.15) is 11.4 Å². The van der Waals surface area contributed by atoms with Crippen molar-refractivity contribution in [3.8, 4) is 23.1 Å². The van der Waals surface area contributed by atoms with Gasteiger partial charge in [0.15, 0.2) is 11.5 Å². The molecule has 0 aliphatic heterocycles. The molecule has 1 heterocycles. The summed E-state index contributed by atoms with van der Waals surface area (Å²) in [5, 5.41) is 29.9. The molecule has 0 fully saturated rings. The average molecular weight is 335 g/mol. The van der Waals surface area contributed by atoms with Gasteiger partial charge in [0.2, 0.25) is 5.75 Å². The van der Waals surface area contributed by atoms with Crippen LogP contribution in [-0.2, 0) is 0 Å². The third-order valence-corrected chi connectivity index (χ3v) is 3.01. The summed E-state index contributed by atoms with van der Waals surface area (Å²) in [6.07, 6.45) is 2.80. The van der Waals surface area contributed by atoms with Gasteiger partial charge in [-0.05, 0) is 23.8 Å². The van der Waals surface area contributed by atoms with Gasteiger partial charge in [0.05, 0.1) is 19.1 Å². The molecule has 1 aromatic carbocycles.